The topological polar surface area (TPSA) is 49.4 Å². The molecule has 2 heterocycles. The van der Waals surface area contributed by atoms with Crippen LogP contribution in [0.15, 0.2) is 24.3 Å². The summed E-state index contributed by atoms with van der Waals surface area (Å²) in [6.45, 7) is 6.32. The zero-order valence-electron chi connectivity index (χ0n) is 13.3. The first-order valence-corrected chi connectivity index (χ1v) is 8.76. The number of carbonyl (C=O) groups is 2. The second kappa shape index (κ2) is 5.61. The van der Waals surface area contributed by atoms with E-state index < -0.39 is 0 Å². The molecule has 2 aliphatic heterocycles. The van der Waals surface area contributed by atoms with Gasteiger partial charge in [0.2, 0.25) is 11.8 Å². The van der Waals surface area contributed by atoms with Gasteiger partial charge in [0.1, 0.15) is 6.04 Å². The monoisotopic (exact) mass is 318 g/mol. The Kier molecular flexibility index (Phi) is 3.93. The zero-order chi connectivity index (χ0) is 15.9. The summed E-state index contributed by atoms with van der Waals surface area (Å²) in [7, 11) is 0. The van der Waals surface area contributed by atoms with E-state index in [0.29, 0.717) is 18.1 Å². The molecule has 4 nitrogen and oxygen atoms in total. The molecule has 3 rings (SSSR count). The third-order valence-electron chi connectivity index (χ3n) is 4.57. The van der Waals surface area contributed by atoms with Gasteiger partial charge in [-0.15, -0.1) is 11.8 Å². The summed E-state index contributed by atoms with van der Waals surface area (Å²) in [4.78, 5) is 26.3. The Bertz CT molecular complexity index is 616. The van der Waals surface area contributed by atoms with Crippen molar-refractivity contribution in [3.8, 4) is 0 Å². The summed E-state index contributed by atoms with van der Waals surface area (Å²) in [6, 6.07) is 7.58. The first-order valence-electron chi connectivity index (χ1n) is 7.78. The van der Waals surface area contributed by atoms with Crippen LogP contribution in [0.1, 0.15) is 45.1 Å². The molecule has 2 atom stereocenters. The van der Waals surface area contributed by atoms with Crippen LogP contribution in [0.4, 0.5) is 5.69 Å². The lowest BCUT2D eigenvalue weighted by molar-refractivity contribution is -0.135. The summed E-state index contributed by atoms with van der Waals surface area (Å²) in [5.74, 6) is 1.12. The lowest BCUT2D eigenvalue weighted by Gasteiger charge is -2.29. The van der Waals surface area contributed by atoms with Gasteiger partial charge in [0, 0.05) is 17.9 Å². The third kappa shape index (κ3) is 2.62. The molecule has 118 valence electrons. The number of thioether (sulfide) groups is 1. The maximum atomic E-state index is 12.6. The highest BCUT2D eigenvalue weighted by atomic mass is 32.2. The summed E-state index contributed by atoms with van der Waals surface area (Å²) in [6.07, 6.45) is 1.39. The van der Waals surface area contributed by atoms with Crippen LogP contribution in [0, 0.1) is 0 Å². The van der Waals surface area contributed by atoms with E-state index in [1.54, 1.807) is 16.7 Å². The average Bonchev–Trinajstić information content (AvgIpc) is 2.96. The molecule has 5 heteroatoms. The van der Waals surface area contributed by atoms with E-state index >= 15 is 0 Å². The van der Waals surface area contributed by atoms with Gasteiger partial charge < -0.3 is 10.2 Å². The van der Waals surface area contributed by atoms with Crippen molar-refractivity contribution in [1.82, 2.24) is 4.90 Å². The number of nitrogens with zero attached hydrogens (tertiary/aromatic N) is 1. The van der Waals surface area contributed by atoms with Crippen molar-refractivity contribution >= 4 is 29.3 Å². The van der Waals surface area contributed by atoms with E-state index in [1.807, 2.05) is 18.2 Å². The predicted molar refractivity (Wildman–Crippen MR) is 89.9 cm³/mol. The number of fused-ring (bicyclic) bond motifs is 1. The summed E-state index contributed by atoms with van der Waals surface area (Å²) < 4.78 is 0. The molecule has 0 unspecified atom stereocenters. The second-order valence-electron chi connectivity index (χ2n) is 6.53. The van der Waals surface area contributed by atoms with Crippen molar-refractivity contribution in [3.05, 3.63) is 29.8 Å². The van der Waals surface area contributed by atoms with Crippen molar-refractivity contribution in [2.24, 2.45) is 0 Å². The van der Waals surface area contributed by atoms with Crippen LogP contribution in [-0.4, -0.2) is 33.4 Å². The molecular weight excluding hydrogens is 296 g/mol. The molecule has 1 N–H and O–H groups in total. The molecule has 0 aromatic heterocycles. The number of hydrogen-bond donors (Lipinski definition) is 1. The molecule has 2 aliphatic rings. The highest BCUT2D eigenvalue weighted by Gasteiger charge is 2.52. The number of anilines is 1. The van der Waals surface area contributed by atoms with Crippen molar-refractivity contribution in [3.63, 3.8) is 0 Å². The molecule has 0 bridgehead atoms. The number of nitrogens with one attached hydrogen (secondary N) is 1. The molecule has 2 fully saturated rings. The van der Waals surface area contributed by atoms with E-state index in [-0.39, 0.29) is 22.7 Å². The van der Waals surface area contributed by atoms with Gasteiger partial charge in [0.05, 0.1) is 4.87 Å². The smallest absolute Gasteiger partial charge is 0.248 e. The first-order chi connectivity index (χ1) is 10.4. The predicted octanol–water partition coefficient (Wildman–Crippen LogP) is 3.20. The van der Waals surface area contributed by atoms with Crippen molar-refractivity contribution < 1.29 is 9.59 Å². The molecule has 0 spiro atoms. The van der Waals surface area contributed by atoms with Crippen molar-refractivity contribution in [2.45, 2.75) is 50.4 Å². The summed E-state index contributed by atoms with van der Waals surface area (Å²) >= 11 is 1.72. The van der Waals surface area contributed by atoms with Gasteiger partial charge in [0.25, 0.3) is 0 Å². The molecule has 0 aliphatic carbocycles. The van der Waals surface area contributed by atoms with Gasteiger partial charge in [-0.25, -0.2) is 0 Å². The fraction of sp³-hybridized carbons (Fsp3) is 0.529. The number of hydrogen-bond acceptors (Lipinski definition) is 3. The number of amides is 2. The minimum atomic E-state index is -0.354. The molecule has 22 heavy (non-hydrogen) atoms. The largest absolute Gasteiger partial charge is 0.324 e. The highest BCUT2D eigenvalue weighted by molar-refractivity contribution is 8.01. The molecule has 2 saturated heterocycles. The Morgan fingerprint density at radius 1 is 1.45 bits per heavy atom. The molecule has 1 aromatic rings. The van der Waals surface area contributed by atoms with Crippen LogP contribution in [0.3, 0.4) is 0 Å². The molecule has 0 saturated carbocycles. The zero-order valence-corrected chi connectivity index (χ0v) is 14.1. The SMILES string of the molecule is CC(C)c1cccc(NC(=O)[C@@H]2CS[C@@]3(C)CCC(=O)N23)c1. The Labute approximate surface area is 135 Å². The number of carbonyl (C=O) groups excluding carboxylic acids is 2. The molecule has 0 radical (unpaired) electrons. The Morgan fingerprint density at radius 2 is 2.23 bits per heavy atom. The third-order valence-corrected chi connectivity index (χ3v) is 6.07. The Hall–Kier alpha value is -1.49. The quantitative estimate of drug-likeness (QED) is 0.931. The Morgan fingerprint density at radius 3 is 2.95 bits per heavy atom. The standard InChI is InChI=1S/C17H22N2O2S/c1-11(2)12-5-4-6-13(9-12)18-16(21)14-10-22-17(3)8-7-15(20)19(14)17/h4-6,9,11,14H,7-8,10H2,1-3H3,(H,18,21)/t14-,17-/m0/s1. The lowest BCUT2D eigenvalue weighted by Crippen LogP contribution is -2.48. The van der Waals surface area contributed by atoms with E-state index in [1.165, 1.54) is 5.56 Å². The van der Waals surface area contributed by atoms with Gasteiger partial charge in [0.15, 0.2) is 0 Å². The van der Waals surface area contributed by atoms with E-state index in [9.17, 15) is 9.59 Å². The average molecular weight is 318 g/mol. The Balaban J connectivity index is 1.75. The summed E-state index contributed by atoms with van der Waals surface area (Å²) in [5, 5.41) is 2.98. The van der Waals surface area contributed by atoms with Crippen LogP contribution in [0.25, 0.3) is 0 Å². The molecule has 2 amide bonds. The van der Waals surface area contributed by atoms with Crippen molar-refractivity contribution in [1.29, 1.82) is 0 Å². The second-order valence-corrected chi connectivity index (χ2v) is 8.04. The van der Waals surface area contributed by atoms with Crippen LogP contribution < -0.4 is 5.32 Å². The lowest BCUT2D eigenvalue weighted by atomic mass is 10.0. The maximum Gasteiger partial charge on any atom is 0.248 e. The maximum absolute atomic E-state index is 12.6. The van der Waals surface area contributed by atoms with E-state index in [4.69, 9.17) is 0 Å². The van der Waals surface area contributed by atoms with Gasteiger partial charge >= 0.3 is 0 Å². The molecule has 1 aromatic carbocycles. The fourth-order valence-corrected chi connectivity index (χ4v) is 4.65. The van der Waals surface area contributed by atoms with Crippen LogP contribution in [-0.2, 0) is 9.59 Å². The van der Waals surface area contributed by atoms with Crippen LogP contribution in [0.5, 0.6) is 0 Å². The van der Waals surface area contributed by atoms with Gasteiger partial charge in [-0.3, -0.25) is 9.59 Å². The van der Waals surface area contributed by atoms with Gasteiger partial charge in [-0.1, -0.05) is 26.0 Å². The molecular formula is C17H22N2O2S. The van der Waals surface area contributed by atoms with Crippen LogP contribution in [0.2, 0.25) is 0 Å². The minimum Gasteiger partial charge on any atom is -0.324 e. The summed E-state index contributed by atoms with van der Waals surface area (Å²) in [5.41, 5.74) is 2.00. The first kappa shape index (κ1) is 15.4. The minimum absolute atomic E-state index is 0.0765. The van der Waals surface area contributed by atoms with E-state index in [2.05, 4.69) is 32.2 Å². The number of benzene rings is 1. The van der Waals surface area contributed by atoms with E-state index in [0.717, 1.165) is 12.1 Å². The van der Waals surface area contributed by atoms with Gasteiger partial charge in [-0.05, 0) is 37.0 Å². The van der Waals surface area contributed by atoms with Gasteiger partial charge in [-0.2, -0.15) is 0 Å². The normalized spacial score (nSPS) is 27.4. The van der Waals surface area contributed by atoms with Crippen molar-refractivity contribution in [2.75, 3.05) is 11.1 Å². The fourth-order valence-electron chi connectivity index (χ4n) is 3.22. The highest BCUT2D eigenvalue weighted by Crippen LogP contribution is 2.47. The van der Waals surface area contributed by atoms with Crippen LogP contribution >= 0.6 is 11.8 Å². The number of rotatable bonds is 3.